The third-order valence-electron chi connectivity index (χ3n) is 1.43. The maximum Gasteiger partial charge on any atom is 0.239 e. The molecule has 1 amide bonds. The molecule has 0 spiro atoms. The second-order valence-electron chi connectivity index (χ2n) is 2.09. The van der Waals surface area contributed by atoms with Gasteiger partial charge in [0.05, 0.1) is 16.1 Å². The molecule has 0 saturated carbocycles. The lowest BCUT2D eigenvalue weighted by Crippen LogP contribution is -2.40. The molecular formula is C5H8N2O2S. The van der Waals surface area contributed by atoms with Crippen LogP contribution < -0.4 is 11.1 Å². The summed E-state index contributed by atoms with van der Waals surface area (Å²) in [6.45, 7) is 0.679. The molecule has 1 aliphatic heterocycles. The van der Waals surface area contributed by atoms with E-state index in [0.717, 1.165) is 0 Å². The standard InChI is InChI=1S/C5H8N2O2S/c6-5(8)4-3(10-9)1-2-7-4/h4,7H,1-2H2,(H2,6,8)/t4-/m0/s1. The summed E-state index contributed by atoms with van der Waals surface area (Å²) in [5, 5.41) is 2.82. The van der Waals surface area contributed by atoms with Gasteiger partial charge in [0.25, 0.3) is 0 Å². The lowest BCUT2D eigenvalue weighted by atomic mass is 10.2. The van der Waals surface area contributed by atoms with E-state index >= 15 is 0 Å². The molecule has 1 saturated heterocycles. The van der Waals surface area contributed by atoms with Gasteiger partial charge in [-0.25, -0.2) is 4.21 Å². The number of nitrogens with one attached hydrogen (secondary N) is 1. The summed E-state index contributed by atoms with van der Waals surface area (Å²) in [5.74, 6) is -0.462. The molecule has 0 aliphatic carbocycles. The van der Waals surface area contributed by atoms with E-state index in [1.54, 1.807) is 0 Å². The van der Waals surface area contributed by atoms with E-state index in [4.69, 9.17) is 5.73 Å². The number of hydrogen-bond acceptors (Lipinski definition) is 3. The van der Waals surface area contributed by atoms with Crippen molar-refractivity contribution in [3.05, 3.63) is 0 Å². The van der Waals surface area contributed by atoms with Crippen molar-refractivity contribution in [2.45, 2.75) is 12.5 Å². The zero-order valence-electron chi connectivity index (χ0n) is 5.29. The van der Waals surface area contributed by atoms with Gasteiger partial charge >= 0.3 is 0 Å². The van der Waals surface area contributed by atoms with Crippen molar-refractivity contribution in [3.8, 4) is 0 Å². The molecule has 1 rings (SSSR count). The predicted octanol–water partition coefficient (Wildman–Crippen LogP) is -1.78. The van der Waals surface area contributed by atoms with Gasteiger partial charge in [-0.05, 0) is 6.42 Å². The Morgan fingerprint density at radius 1 is 1.80 bits per heavy atom. The first kappa shape index (κ1) is 7.43. The molecule has 1 atom stereocenters. The van der Waals surface area contributed by atoms with E-state index in [1.807, 2.05) is 0 Å². The van der Waals surface area contributed by atoms with Crippen LogP contribution in [0.4, 0.5) is 0 Å². The SMILES string of the molecule is NC(=O)[C@H]1NCCC1=S=O. The zero-order valence-corrected chi connectivity index (χ0v) is 6.11. The van der Waals surface area contributed by atoms with Gasteiger partial charge in [-0.3, -0.25) is 4.79 Å². The van der Waals surface area contributed by atoms with E-state index in [-0.39, 0.29) is 0 Å². The Bertz CT molecular complexity index is 210. The van der Waals surface area contributed by atoms with Crippen LogP contribution in [0.15, 0.2) is 0 Å². The molecule has 0 aromatic rings. The summed E-state index contributed by atoms with van der Waals surface area (Å²) >= 11 is 0.372. The van der Waals surface area contributed by atoms with Gasteiger partial charge in [-0.2, -0.15) is 0 Å². The average molecular weight is 160 g/mol. The Labute approximate surface area is 61.9 Å². The van der Waals surface area contributed by atoms with Crippen molar-refractivity contribution < 1.29 is 9.00 Å². The Morgan fingerprint density at radius 3 is 2.90 bits per heavy atom. The second-order valence-corrected chi connectivity index (χ2v) is 2.78. The Balaban J connectivity index is 2.78. The average Bonchev–Trinajstić information content (AvgIpc) is 2.33. The lowest BCUT2D eigenvalue weighted by molar-refractivity contribution is -0.118. The Hall–Kier alpha value is -0.680. The first-order valence-corrected chi connectivity index (χ1v) is 3.68. The second kappa shape index (κ2) is 2.94. The molecule has 0 aromatic carbocycles. The van der Waals surface area contributed by atoms with Gasteiger partial charge in [-0.15, -0.1) is 0 Å². The number of rotatable bonds is 1. The summed E-state index contributed by atoms with van der Waals surface area (Å²) in [6.07, 6.45) is 0.655. The van der Waals surface area contributed by atoms with Crippen molar-refractivity contribution in [2.75, 3.05) is 6.54 Å². The molecule has 1 heterocycles. The molecule has 1 aliphatic rings. The largest absolute Gasteiger partial charge is 0.368 e. The summed E-state index contributed by atoms with van der Waals surface area (Å²) in [4.78, 5) is 11.2. The number of nitrogens with two attached hydrogens (primary N) is 1. The van der Waals surface area contributed by atoms with Crippen LogP contribution in [0.25, 0.3) is 0 Å². The minimum Gasteiger partial charge on any atom is -0.368 e. The zero-order chi connectivity index (χ0) is 7.56. The maximum atomic E-state index is 10.6. The van der Waals surface area contributed by atoms with Crippen LogP contribution >= 0.6 is 0 Å². The van der Waals surface area contributed by atoms with E-state index in [9.17, 15) is 9.00 Å². The molecule has 0 bridgehead atoms. The highest BCUT2D eigenvalue weighted by atomic mass is 32.1. The Morgan fingerprint density at radius 2 is 2.50 bits per heavy atom. The highest BCUT2D eigenvalue weighted by molar-refractivity contribution is 7.66. The van der Waals surface area contributed by atoms with Crippen LogP contribution in [-0.2, 0) is 16.1 Å². The van der Waals surface area contributed by atoms with Gasteiger partial charge in [0.1, 0.15) is 6.04 Å². The van der Waals surface area contributed by atoms with Crippen molar-refractivity contribution in [1.29, 1.82) is 0 Å². The van der Waals surface area contributed by atoms with Crippen molar-refractivity contribution in [1.82, 2.24) is 5.32 Å². The highest BCUT2D eigenvalue weighted by Gasteiger charge is 2.25. The fourth-order valence-electron chi connectivity index (χ4n) is 0.947. The molecule has 4 nitrogen and oxygen atoms in total. The highest BCUT2D eigenvalue weighted by Crippen LogP contribution is 1.99. The molecule has 3 N–H and O–H groups in total. The number of hydrogen-bond donors (Lipinski definition) is 2. The summed E-state index contributed by atoms with van der Waals surface area (Å²) in [6, 6.07) is -0.498. The molecule has 0 aromatic heterocycles. The number of carbonyl (C=O) groups excluding carboxylic acids is 1. The van der Waals surface area contributed by atoms with E-state index in [2.05, 4.69) is 5.32 Å². The van der Waals surface area contributed by atoms with Crippen molar-refractivity contribution in [3.63, 3.8) is 0 Å². The fourth-order valence-corrected chi connectivity index (χ4v) is 1.43. The van der Waals surface area contributed by atoms with E-state index in [1.165, 1.54) is 0 Å². The quantitative estimate of drug-likeness (QED) is 0.445. The van der Waals surface area contributed by atoms with E-state index < -0.39 is 11.9 Å². The molecule has 0 unspecified atom stereocenters. The van der Waals surface area contributed by atoms with Gasteiger partial charge in [-0.1, -0.05) is 0 Å². The minimum absolute atomic E-state index is 0.372. The summed E-state index contributed by atoms with van der Waals surface area (Å²) < 4.78 is 10.3. The van der Waals surface area contributed by atoms with Crippen molar-refractivity contribution >= 4 is 22.0 Å². The van der Waals surface area contributed by atoms with Gasteiger partial charge < -0.3 is 11.1 Å². The molecule has 56 valence electrons. The van der Waals surface area contributed by atoms with Crippen LogP contribution in [-0.4, -0.2) is 27.6 Å². The van der Waals surface area contributed by atoms with Crippen LogP contribution in [0.2, 0.25) is 0 Å². The fraction of sp³-hybridized carbons (Fsp3) is 0.600. The van der Waals surface area contributed by atoms with Gasteiger partial charge in [0.2, 0.25) is 5.91 Å². The summed E-state index contributed by atoms with van der Waals surface area (Å²) in [5.41, 5.74) is 4.99. The third kappa shape index (κ3) is 1.25. The maximum absolute atomic E-state index is 10.6. The monoisotopic (exact) mass is 160 g/mol. The normalized spacial score (nSPS) is 24.8. The van der Waals surface area contributed by atoms with Gasteiger partial charge in [0.15, 0.2) is 0 Å². The molecule has 10 heavy (non-hydrogen) atoms. The van der Waals surface area contributed by atoms with Crippen LogP contribution in [0.3, 0.4) is 0 Å². The lowest BCUT2D eigenvalue weighted by Gasteiger charge is -2.02. The number of primary amides is 1. The Kier molecular flexibility index (Phi) is 2.18. The van der Waals surface area contributed by atoms with Crippen molar-refractivity contribution in [2.24, 2.45) is 5.73 Å². The van der Waals surface area contributed by atoms with Crippen LogP contribution in [0.5, 0.6) is 0 Å². The topological polar surface area (TPSA) is 72.2 Å². The number of carbonyl (C=O) groups is 1. The molecular weight excluding hydrogens is 152 g/mol. The van der Waals surface area contributed by atoms with Gasteiger partial charge in [0, 0.05) is 6.54 Å². The molecule has 1 fully saturated rings. The van der Waals surface area contributed by atoms with Crippen LogP contribution in [0.1, 0.15) is 6.42 Å². The first-order valence-electron chi connectivity index (χ1n) is 2.94. The third-order valence-corrected chi connectivity index (χ3v) is 2.09. The van der Waals surface area contributed by atoms with E-state index in [0.29, 0.717) is 29.1 Å². The smallest absolute Gasteiger partial charge is 0.239 e. The first-order chi connectivity index (χ1) is 4.75. The summed E-state index contributed by atoms with van der Waals surface area (Å²) in [7, 11) is 0. The molecule has 5 heteroatoms. The predicted molar refractivity (Wildman–Crippen MR) is 38.8 cm³/mol. The molecule has 0 radical (unpaired) electrons. The number of amides is 1. The van der Waals surface area contributed by atoms with Crippen LogP contribution in [0, 0.1) is 0 Å². The minimum atomic E-state index is -0.498.